The van der Waals surface area contributed by atoms with E-state index < -0.39 is 6.61 Å². The topological polar surface area (TPSA) is 38.3 Å². The van der Waals surface area contributed by atoms with Crippen LogP contribution in [0.15, 0.2) is 41.1 Å². The van der Waals surface area contributed by atoms with E-state index in [1.54, 1.807) is 0 Å². The third-order valence-electron chi connectivity index (χ3n) is 2.31. The van der Waals surface area contributed by atoms with E-state index in [1.807, 2.05) is 16.8 Å². The van der Waals surface area contributed by atoms with Gasteiger partial charge >= 0.3 is 6.61 Å². The smallest absolute Gasteiger partial charge is 0.387 e. The summed E-state index contributed by atoms with van der Waals surface area (Å²) in [6.45, 7) is -2.85. The van der Waals surface area contributed by atoms with Gasteiger partial charge < -0.3 is 10.1 Å². The maximum absolute atomic E-state index is 12.0. The second-order valence-electron chi connectivity index (χ2n) is 3.76. The van der Waals surface area contributed by atoms with Crippen LogP contribution in [-0.4, -0.2) is 12.5 Å². The average Bonchev–Trinajstić information content (AvgIpc) is 2.83. The van der Waals surface area contributed by atoms with Crippen molar-refractivity contribution in [2.75, 3.05) is 5.32 Å². The number of anilines is 1. The third kappa shape index (κ3) is 4.33. The molecule has 0 atom stereocenters. The highest BCUT2D eigenvalue weighted by atomic mass is 32.1. The van der Waals surface area contributed by atoms with Gasteiger partial charge in [0.1, 0.15) is 5.75 Å². The highest BCUT2D eigenvalue weighted by molar-refractivity contribution is 7.08. The van der Waals surface area contributed by atoms with Crippen molar-refractivity contribution in [3.8, 4) is 5.75 Å². The molecular weight excluding hydrogens is 272 g/mol. The molecule has 3 nitrogen and oxygen atoms in total. The summed E-state index contributed by atoms with van der Waals surface area (Å²) >= 11 is 1.53. The molecule has 1 heterocycles. The van der Waals surface area contributed by atoms with Gasteiger partial charge in [-0.25, -0.2) is 0 Å². The molecule has 0 saturated heterocycles. The lowest BCUT2D eigenvalue weighted by Crippen LogP contribution is -2.13. The van der Waals surface area contributed by atoms with E-state index in [0.717, 1.165) is 5.56 Å². The number of carbonyl (C=O) groups excluding carboxylic acids is 1. The van der Waals surface area contributed by atoms with Crippen molar-refractivity contribution in [1.82, 2.24) is 0 Å². The number of benzene rings is 1. The SMILES string of the molecule is O=C(Cc1ccsc1)Nc1ccc(OC(F)F)cc1. The fourth-order valence-corrected chi connectivity index (χ4v) is 2.17. The van der Waals surface area contributed by atoms with Crippen molar-refractivity contribution in [2.45, 2.75) is 13.0 Å². The van der Waals surface area contributed by atoms with Gasteiger partial charge in [0.05, 0.1) is 6.42 Å². The molecule has 0 unspecified atom stereocenters. The van der Waals surface area contributed by atoms with Gasteiger partial charge in [-0.05, 0) is 46.7 Å². The maximum Gasteiger partial charge on any atom is 0.387 e. The fraction of sp³-hybridized carbons (Fsp3) is 0.154. The largest absolute Gasteiger partial charge is 0.435 e. The second-order valence-corrected chi connectivity index (χ2v) is 4.54. The highest BCUT2D eigenvalue weighted by Gasteiger charge is 2.06. The molecule has 0 aliphatic heterocycles. The summed E-state index contributed by atoms with van der Waals surface area (Å²) in [6.07, 6.45) is 0.290. The Morgan fingerprint density at radius 3 is 2.58 bits per heavy atom. The van der Waals surface area contributed by atoms with E-state index in [2.05, 4.69) is 10.1 Å². The van der Waals surface area contributed by atoms with Crippen LogP contribution in [0.2, 0.25) is 0 Å². The van der Waals surface area contributed by atoms with Gasteiger partial charge in [-0.1, -0.05) is 0 Å². The first-order valence-electron chi connectivity index (χ1n) is 5.49. The summed E-state index contributed by atoms with van der Waals surface area (Å²) < 4.78 is 28.1. The lowest BCUT2D eigenvalue weighted by atomic mass is 10.2. The van der Waals surface area contributed by atoms with Crippen molar-refractivity contribution in [2.24, 2.45) is 0 Å². The quantitative estimate of drug-likeness (QED) is 0.911. The van der Waals surface area contributed by atoms with Crippen molar-refractivity contribution >= 4 is 22.9 Å². The number of halogens is 2. The molecule has 0 fully saturated rings. The van der Waals surface area contributed by atoms with Gasteiger partial charge in [-0.15, -0.1) is 0 Å². The van der Waals surface area contributed by atoms with Crippen LogP contribution >= 0.6 is 11.3 Å². The molecular formula is C13H11F2NO2S. The molecule has 0 bridgehead atoms. The fourth-order valence-electron chi connectivity index (χ4n) is 1.50. The first-order valence-corrected chi connectivity index (χ1v) is 6.43. The molecule has 0 aliphatic rings. The first-order chi connectivity index (χ1) is 9.13. The number of thiophene rings is 1. The molecule has 1 aromatic heterocycles. The van der Waals surface area contributed by atoms with Gasteiger partial charge in [0.15, 0.2) is 0 Å². The molecule has 1 aromatic carbocycles. The van der Waals surface area contributed by atoms with Crippen molar-refractivity contribution < 1.29 is 18.3 Å². The lowest BCUT2D eigenvalue weighted by molar-refractivity contribution is -0.115. The van der Waals surface area contributed by atoms with E-state index in [4.69, 9.17) is 0 Å². The van der Waals surface area contributed by atoms with Crippen molar-refractivity contribution in [3.05, 3.63) is 46.7 Å². The van der Waals surface area contributed by atoms with Gasteiger partial charge in [0.2, 0.25) is 5.91 Å². The summed E-state index contributed by atoms with van der Waals surface area (Å²) in [5.41, 5.74) is 1.49. The molecule has 0 radical (unpaired) electrons. The molecule has 0 aliphatic carbocycles. The number of alkyl halides is 2. The standard InChI is InChI=1S/C13H11F2NO2S/c14-13(15)18-11-3-1-10(2-4-11)16-12(17)7-9-5-6-19-8-9/h1-6,8,13H,7H2,(H,16,17). The molecule has 19 heavy (non-hydrogen) atoms. The van der Waals surface area contributed by atoms with Crippen LogP contribution in [-0.2, 0) is 11.2 Å². The predicted octanol–water partition coefficient (Wildman–Crippen LogP) is 3.53. The predicted molar refractivity (Wildman–Crippen MR) is 69.7 cm³/mol. The summed E-state index contributed by atoms with van der Waals surface area (Å²) in [5.74, 6) is -0.0910. The van der Waals surface area contributed by atoms with Gasteiger partial charge in [-0.2, -0.15) is 20.1 Å². The second kappa shape index (κ2) is 6.29. The van der Waals surface area contributed by atoms with E-state index in [0.29, 0.717) is 12.1 Å². The van der Waals surface area contributed by atoms with Gasteiger partial charge in [-0.3, -0.25) is 4.79 Å². The zero-order chi connectivity index (χ0) is 13.7. The molecule has 0 saturated carbocycles. The Morgan fingerprint density at radius 2 is 2.00 bits per heavy atom. The third-order valence-corrected chi connectivity index (χ3v) is 3.04. The molecule has 0 spiro atoms. The molecule has 1 amide bonds. The maximum atomic E-state index is 12.0. The van der Waals surface area contributed by atoms with Crippen LogP contribution in [0.1, 0.15) is 5.56 Å². The van der Waals surface area contributed by atoms with Crippen LogP contribution in [0.4, 0.5) is 14.5 Å². The molecule has 1 N–H and O–H groups in total. The number of rotatable bonds is 5. The molecule has 2 aromatic rings. The lowest BCUT2D eigenvalue weighted by Gasteiger charge is -2.07. The minimum atomic E-state index is -2.85. The minimum Gasteiger partial charge on any atom is -0.435 e. The van der Waals surface area contributed by atoms with Crippen LogP contribution in [0.25, 0.3) is 0 Å². The Balaban J connectivity index is 1.90. The molecule has 6 heteroatoms. The monoisotopic (exact) mass is 283 g/mol. The Kier molecular flexibility index (Phi) is 4.46. The Bertz CT molecular complexity index is 526. The van der Waals surface area contributed by atoms with E-state index >= 15 is 0 Å². The number of nitrogens with one attached hydrogen (secondary N) is 1. The Hall–Kier alpha value is -1.95. The van der Waals surface area contributed by atoms with Crippen molar-refractivity contribution in [3.63, 3.8) is 0 Å². The summed E-state index contributed by atoms with van der Waals surface area (Å²) in [4.78, 5) is 11.7. The molecule has 100 valence electrons. The Morgan fingerprint density at radius 1 is 1.26 bits per heavy atom. The minimum absolute atomic E-state index is 0.0610. The first kappa shape index (κ1) is 13.5. The zero-order valence-corrected chi connectivity index (χ0v) is 10.6. The summed E-state index contributed by atoms with van der Waals surface area (Å²) in [6, 6.07) is 7.68. The summed E-state index contributed by atoms with van der Waals surface area (Å²) in [7, 11) is 0. The normalized spacial score (nSPS) is 10.5. The van der Waals surface area contributed by atoms with Crippen LogP contribution in [0.3, 0.4) is 0 Å². The van der Waals surface area contributed by atoms with E-state index in [9.17, 15) is 13.6 Å². The van der Waals surface area contributed by atoms with E-state index in [1.165, 1.54) is 35.6 Å². The van der Waals surface area contributed by atoms with Crippen molar-refractivity contribution in [1.29, 1.82) is 0 Å². The van der Waals surface area contributed by atoms with Crippen LogP contribution < -0.4 is 10.1 Å². The number of carbonyl (C=O) groups is 1. The highest BCUT2D eigenvalue weighted by Crippen LogP contribution is 2.18. The number of ether oxygens (including phenoxy) is 1. The Labute approximate surface area is 112 Å². The van der Waals surface area contributed by atoms with Gasteiger partial charge in [0, 0.05) is 5.69 Å². The number of hydrogen-bond donors (Lipinski definition) is 1. The van der Waals surface area contributed by atoms with Gasteiger partial charge in [0.25, 0.3) is 0 Å². The number of amides is 1. The van der Waals surface area contributed by atoms with Crippen LogP contribution in [0.5, 0.6) is 5.75 Å². The average molecular weight is 283 g/mol. The summed E-state index contributed by atoms with van der Waals surface area (Å²) in [5, 5.41) is 6.49. The zero-order valence-electron chi connectivity index (χ0n) is 9.81. The number of hydrogen-bond acceptors (Lipinski definition) is 3. The van der Waals surface area contributed by atoms with E-state index in [-0.39, 0.29) is 11.7 Å². The molecule has 2 rings (SSSR count). The van der Waals surface area contributed by atoms with Crippen LogP contribution in [0, 0.1) is 0 Å².